The summed E-state index contributed by atoms with van der Waals surface area (Å²) in [5.74, 6) is 0. The molecule has 1 nitrogen and oxygen atoms in total. The van der Waals surface area contributed by atoms with E-state index in [1.807, 2.05) is 6.92 Å². The summed E-state index contributed by atoms with van der Waals surface area (Å²) < 4.78 is 5.22. The Morgan fingerprint density at radius 3 is 2.85 bits per heavy atom. The van der Waals surface area contributed by atoms with Gasteiger partial charge in [-0.15, -0.1) is 0 Å². The molecule has 2 rings (SSSR count). The zero-order valence-corrected chi connectivity index (χ0v) is 7.92. The molecule has 1 aliphatic rings. The summed E-state index contributed by atoms with van der Waals surface area (Å²) in [6.07, 6.45) is 1.49. The number of epoxide rings is 1. The maximum absolute atomic E-state index is 5.22. The maximum Gasteiger partial charge on any atom is 0.0850 e. The first-order chi connectivity index (χ1) is 6.27. The average Bonchev–Trinajstić information content (AvgIpc) is 2.89. The molecule has 1 heterocycles. The van der Waals surface area contributed by atoms with Crippen LogP contribution in [0.2, 0.25) is 0 Å². The van der Waals surface area contributed by atoms with E-state index in [0.29, 0.717) is 6.10 Å². The standard InChI is InChI=1S/C12H14O/c1-9(2)12-6-4-3-5-10(12)7-11-8-13-11/h3-6,11H,1,7-8H2,2H3. The molecule has 68 valence electrons. The molecule has 0 spiro atoms. The fourth-order valence-corrected chi connectivity index (χ4v) is 1.55. The molecule has 1 unspecified atom stereocenters. The van der Waals surface area contributed by atoms with E-state index in [1.165, 1.54) is 11.1 Å². The molecule has 1 atom stereocenters. The molecule has 0 aliphatic carbocycles. The van der Waals surface area contributed by atoms with Gasteiger partial charge in [0.1, 0.15) is 0 Å². The Labute approximate surface area is 79.0 Å². The molecule has 1 heteroatoms. The van der Waals surface area contributed by atoms with Crippen molar-refractivity contribution in [3.8, 4) is 0 Å². The summed E-state index contributed by atoms with van der Waals surface area (Å²) >= 11 is 0. The third-order valence-corrected chi connectivity index (χ3v) is 2.33. The molecule has 1 fully saturated rings. The van der Waals surface area contributed by atoms with E-state index >= 15 is 0 Å². The van der Waals surface area contributed by atoms with Gasteiger partial charge < -0.3 is 4.74 Å². The van der Waals surface area contributed by atoms with Crippen molar-refractivity contribution < 1.29 is 4.74 Å². The van der Waals surface area contributed by atoms with Crippen molar-refractivity contribution in [2.24, 2.45) is 0 Å². The first-order valence-corrected chi connectivity index (χ1v) is 4.63. The Morgan fingerprint density at radius 2 is 2.23 bits per heavy atom. The van der Waals surface area contributed by atoms with E-state index < -0.39 is 0 Å². The lowest BCUT2D eigenvalue weighted by molar-refractivity contribution is 0.407. The monoisotopic (exact) mass is 174 g/mol. The predicted octanol–water partition coefficient (Wildman–Crippen LogP) is 2.66. The van der Waals surface area contributed by atoms with Gasteiger partial charge in [0, 0.05) is 6.42 Å². The van der Waals surface area contributed by atoms with Gasteiger partial charge in [-0.2, -0.15) is 0 Å². The molecule has 0 bridgehead atoms. The Balaban J connectivity index is 2.25. The Bertz CT molecular complexity index is 324. The second-order valence-electron chi connectivity index (χ2n) is 3.60. The van der Waals surface area contributed by atoms with Crippen molar-refractivity contribution in [2.75, 3.05) is 6.61 Å². The number of benzene rings is 1. The average molecular weight is 174 g/mol. The predicted molar refractivity (Wildman–Crippen MR) is 54.6 cm³/mol. The van der Waals surface area contributed by atoms with Gasteiger partial charge in [-0.3, -0.25) is 0 Å². The molecule has 0 N–H and O–H groups in total. The van der Waals surface area contributed by atoms with Gasteiger partial charge >= 0.3 is 0 Å². The highest BCUT2D eigenvalue weighted by Gasteiger charge is 2.23. The largest absolute Gasteiger partial charge is 0.373 e. The number of hydrogen-bond acceptors (Lipinski definition) is 1. The fourth-order valence-electron chi connectivity index (χ4n) is 1.55. The molecule has 1 saturated heterocycles. The Hall–Kier alpha value is -1.08. The normalized spacial score (nSPS) is 19.9. The van der Waals surface area contributed by atoms with Crippen molar-refractivity contribution in [1.29, 1.82) is 0 Å². The van der Waals surface area contributed by atoms with Crippen LogP contribution in [-0.4, -0.2) is 12.7 Å². The smallest absolute Gasteiger partial charge is 0.0850 e. The first kappa shape index (κ1) is 8.52. The van der Waals surface area contributed by atoms with E-state index in [2.05, 4.69) is 30.8 Å². The molecule has 0 saturated carbocycles. The minimum atomic E-state index is 0.459. The van der Waals surface area contributed by atoms with Crippen LogP contribution in [0.3, 0.4) is 0 Å². The fraction of sp³-hybridized carbons (Fsp3) is 0.333. The number of ether oxygens (including phenoxy) is 1. The minimum absolute atomic E-state index is 0.459. The highest BCUT2D eigenvalue weighted by atomic mass is 16.6. The van der Waals surface area contributed by atoms with E-state index in [1.54, 1.807) is 0 Å². The zero-order chi connectivity index (χ0) is 9.26. The lowest BCUT2D eigenvalue weighted by Gasteiger charge is -2.06. The summed E-state index contributed by atoms with van der Waals surface area (Å²) in [7, 11) is 0. The van der Waals surface area contributed by atoms with Crippen molar-refractivity contribution >= 4 is 5.57 Å². The summed E-state index contributed by atoms with van der Waals surface area (Å²) in [5.41, 5.74) is 3.77. The van der Waals surface area contributed by atoms with Gasteiger partial charge in [0.25, 0.3) is 0 Å². The lowest BCUT2D eigenvalue weighted by Crippen LogP contribution is -1.96. The quantitative estimate of drug-likeness (QED) is 0.642. The molecule has 1 aromatic rings. The van der Waals surface area contributed by atoms with E-state index in [9.17, 15) is 0 Å². The molecule has 0 aromatic heterocycles. The van der Waals surface area contributed by atoms with Crippen molar-refractivity contribution in [1.82, 2.24) is 0 Å². The Kier molecular flexibility index (Phi) is 2.19. The van der Waals surface area contributed by atoms with Crippen LogP contribution < -0.4 is 0 Å². The first-order valence-electron chi connectivity index (χ1n) is 4.63. The second-order valence-corrected chi connectivity index (χ2v) is 3.60. The zero-order valence-electron chi connectivity index (χ0n) is 7.92. The molecule has 0 radical (unpaired) electrons. The van der Waals surface area contributed by atoms with Gasteiger partial charge in [0.15, 0.2) is 0 Å². The number of rotatable bonds is 3. The molecule has 1 aromatic carbocycles. The molecule has 1 aliphatic heterocycles. The van der Waals surface area contributed by atoms with E-state index in [-0.39, 0.29) is 0 Å². The van der Waals surface area contributed by atoms with Crippen LogP contribution in [0.4, 0.5) is 0 Å². The number of allylic oxidation sites excluding steroid dienone is 1. The number of hydrogen-bond donors (Lipinski definition) is 0. The topological polar surface area (TPSA) is 12.5 Å². The second kappa shape index (κ2) is 3.35. The molecule has 0 amide bonds. The van der Waals surface area contributed by atoms with E-state index in [4.69, 9.17) is 4.74 Å². The van der Waals surface area contributed by atoms with Crippen LogP contribution in [0, 0.1) is 0 Å². The SMILES string of the molecule is C=C(C)c1ccccc1CC1CO1. The summed E-state index contributed by atoms with van der Waals surface area (Å²) in [5, 5.41) is 0. The van der Waals surface area contributed by atoms with Crippen LogP contribution in [0.1, 0.15) is 18.1 Å². The summed E-state index contributed by atoms with van der Waals surface area (Å²) in [4.78, 5) is 0. The highest BCUT2D eigenvalue weighted by Crippen LogP contribution is 2.22. The van der Waals surface area contributed by atoms with Gasteiger partial charge in [-0.05, 0) is 18.1 Å². The molecule has 13 heavy (non-hydrogen) atoms. The van der Waals surface area contributed by atoms with Gasteiger partial charge in [-0.1, -0.05) is 36.4 Å². The van der Waals surface area contributed by atoms with Crippen LogP contribution in [0.5, 0.6) is 0 Å². The third kappa shape index (κ3) is 1.99. The lowest BCUT2D eigenvalue weighted by atomic mass is 9.99. The molecular weight excluding hydrogens is 160 g/mol. The van der Waals surface area contributed by atoms with Gasteiger partial charge in [-0.25, -0.2) is 0 Å². The van der Waals surface area contributed by atoms with Crippen molar-refractivity contribution in [2.45, 2.75) is 19.4 Å². The van der Waals surface area contributed by atoms with E-state index in [0.717, 1.165) is 18.6 Å². The van der Waals surface area contributed by atoms with Crippen LogP contribution in [-0.2, 0) is 11.2 Å². The van der Waals surface area contributed by atoms with Crippen molar-refractivity contribution in [3.05, 3.63) is 42.0 Å². The van der Waals surface area contributed by atoms with Crippen molar-refractivity contribution in [3.63, 3.8) is 0 Å². The maximum atomic E-state index is 5.22. The van der Waals surface area contributed by atoms with Gasteiger partial charge in [0.2, 0.25) is 0 Å². The summed E-state index contributed by atoms with van der Waals surface area (Å²) in [6, 6.07) is 8.41. The highest BCUT2D eigenvalue weighted by molar-refractivity contribution is 5.64. The van der Waals surface area contributed by atoms with Crippen LogP contribution >= 0.6 is 0 Å². The van der Waals surface area contributed by atoms with Crippen LogP contribution in [0.15, 0.2) is 30.8 Å². The minimum Gasteiger partial charge on any atom is -0.373 e. The molecular formula is C12H14O. The third-order valence-electron chi connectivity index (χ3n) is 2.33. The Morgan fingerprint density at radius 1 is 1.54 bits per heavy atom. The van der Waals surface area contributed by atoms with Gasteiger partial charge in [0.05, 0.1) is 12.7 Å². The summed E-state index contributed by atoms with van der Waals surface area (Å²) in [6.45, 7) is 6.94. The van der Waals surface area contributed by atoms with Crippen LogP contribution in [0.25, 0.3) is 5.57 Å².